The number of thiazole rings is 1. The van der Waals surface area contributed by atoms with Crippen LogP contribution in [0.2, 0.25) is 0 Å². The number of hydrogen-bond acceptors (Lipinski definition) is 5. The van der Waals surface area contributed by atoms with Crippen LogP contribution in [0.4, 0.5) is 10.8 Å². The molecule has 0 aliphatic heterocycles. The van der Waals surface area contributed by atoms with Crippen molar-refractivity contribution in [2.75, 3.05) is 10.6 Å². The number of rotatable bonds is 8. The predicted molar refractivity (Wildman–Crippen MR) is 141 cm³/mol. The molecule has 7 heteroatoms. The molecular formula is C27H25N3O2S2. The molecule has 5 nitrogen and oxygen atoms in total. The molecule has 1 unspecified atom stereocenters. The van der Waals surface area contributed by atoms with Crippen LogP contribution >= 0.6 is 23.1 Å². The zero-order valence-electron chi connectivity index (χ0n) is 18.8. The molecular weight excluding hydrogens is 462 g/mol. The molecule has 172 valence electrons. The van der Waals surface area contributed by atoms with E-state index >= 15 is 0 Å². The molecule has 0 bridgehead atoms. The van der Waals surface area contributed by atoms with Crippen LogP contribution in [0.15, 0.2) is 77.0 Å². The fourth-order valence-electron chi connectivity index (χ4n) is 3.72. The Morgan fingerprint density at radius 3 is 2.65 bits per heavy atom. The first-order valence-electron chi connectivity index (χ1n) is 11.4. The van der Waals surface area contributed by atoms with Gasteiger partial charge in [0.1, 0.15) is 0 Å². The zero-order valence-corrected chi connectivity index (χ0v) is 20.4. The minimum Gasteiger partial charge on any atom is -0.326 e. The summed E-state index contributed by atoms with van der Waals surface area (Å²) in [6.45, 7) is 2.00. The average molecular weight is 488 g/mol. The summed E-state index contributed by atoms with van der Waals surface area (Å²) >= 11 is 2.93. The van der Waals surface area contributed by atoms with Crippen molar-refractivity contribution in [3.63, 3.8) is 0 Å². The van der Waals surface area contributed by atoms with Crippen LogP contribution < -0.4 is 10.6 Å². The van der Waals surface area contributed by atoms with Crippen LogP contribution in [0, 0.1) is 5.92 Å². The molecule has 1 atom stereocenters. The number of hydrogen-bond donors (Lipinski definition) is 2. The Hall–Kier alpha value is -3.16. The summed E-state index contributed by atoms with van der Waals surface area (Å²) in [7, 11) is 0. The molecule has 0 radical (unpaired) electrons. The lowest BCUT2D eigenvalue weighted by Gasteiger charge is -2.14. The van der Waals surface area contributed by atoms with Gasteiger partial charge < -0.3 is 10.6 Å². The minimum absolute atomic E-state index is 0.0701. The van der Waals surface area contributed by atoms with E-state index in [0.717, 1.165) is 40.1 Å². The van der Waals surface area contributed by atoms with Crippen LogP contribution in [-0.4, -0.2) is 22.0 Å². The molecule has 2 amide bonds. The van der Waals surface area contributed by atoms with Crippen molar-refractivity contribution < 1.29 is 9.59 Å². The monoisotopic (exact) mass is 487 g/mol. The summed E-state index contributed by atoms with van der Waals surface area (Å²) in [5.41, 5.74) is 2.66. The maximum absolute atomic E-state index is 13.0. The predicted octanol–water partition coefficient (Wildman–Crippen LogP) is 6.82. The highest BCUT2D eigenvalue weighted by Gasteiger charge is 2.29. The van der Waals surface area contributed by atoms with Gasteiger partial charge >= 0.3 is 0 Å². The van der Waals surface area contributed by atoms with E-state index in [0.29, 0.717) is 11.6 Å². The number of anilines is 2. The van der Waals surface area contributed by atoms with E-state index in [1.54, 1.807) is 0 Å². The number of nitrogens with zero attached hydrogens (tertiary/aromatic N) is 1. The largest absolute Gasteiger partial charge is 0.326 e. The van der Waals surface area contributed by atoms with E-state index < -0.39 is 0 Å². The molecule has 5 rings (SSSR count). The second-order valence-electron chi connectivity index (χ2n) is 8.40. The Balaban J connectivity index is 1.24. The molecule has 1 aromatic heterocycles. The summed E-state index contributed by atoms with van der Waals surface area (Å²) in [4.78, 5) is 30.7. The molecule has 0 spiro atoms. The molecule has 0 saturated heterocycles. The number of fused-ring (bicyclic) bond motifs is 1. The van der Waals surface area contributed by atoms with Gasteiger partial charge in [-0.15, -0.1) is 23.1 Å². The van der Waals surface area contributed by atoms with Gasteiger partial charge in [-0.25, -0.2) is 4.98 Å². The normalized spacial score (nSPS) is 14.0. The quantitative estimate of drug-likeness (QED) is 0.268. The molecule has 1 saturated carbocycles. The highest BCUT2D eigenvalue weighted by molar-refractivity contribution is 8.00. The lowest BCUT2D eigenvalue weighted by atomic mass is 10.1. The molecule has 1 heterocycles. The maximum atomic E-state index is 13.0. The summed E-state index contributed by atoms with van der Waals surface area (Å²) in [5, 5.41) is 10.6. The van der Waals surface area contributed by atoms with Crippen LogP contribution in [0.1, 0.15) is 26.2 Å². The standard InChI is InChI=1S/C27H25N3O2S2/c1-2-24(34-22-9-5-8-21(15-22)28-25(31)18-11-12-18)26(32)30-27-29-23(16-33-27)20-13-10-17-6-3-4-7-19(17)14-20/h3-10,13-16,18,24H,2,11-12H2,1H3,(H,28,31)(H,29,30,32). The van der Waals surface area contributed by atoms with Gasteiger partial charge in [-0.3, -0.25) is 9.59 Å². The molecule has 4 aromatic rings. The number of benzene rings is 3. The summed E-state index contributed by atoms with van der Waals surface area (Å²) in [5.74, 6) is 0.167. The first-order chi connectivity index (χ1) is 16.6. The van der Waals surface area contributed by atoms with Gasteiger partial charge in [0.15, 0.2) is 5.13 Å². The number of amides is 2. The van der Waals surface area contributed by atoms with Crippen LogP contribution in [0.25, 0.3) is 22.0 Å². The van der Waals surface area contributed by atoms with E-state index in [9.17, 15) is 9.59 Å². The van der Waals surface area contributed by atoms with Crippen molar-refractivity contribution in [2.24, 2.45) is 5.92 Å². The fourth-order valence-corrected chi connectivity index (χ4v) is 5.46. The Bertz CT molecular complexity index is 1350. The Morgan fingerprint density at radius 2 is 1.85 bits per heavy atom. The van der Waals surface area contributed by atoms with E-state index in [2.05, 4.69) is 45.9 Å². The molecule has 1 fully saturated rings. The van der Waals surface area contributed by atoms with Crippen LogP contribution in [0.5, 0.6) is 0 Å². The number of nitrogens with one attached hydrogen (secondary N) is 2. The Morgan fingerprint density at radius 1 is 1.03 bits per heavy atom. The van der Waals surface area contributed by atoms with Crippen molar-refractivity contribution in [1.82, 2.24) is 4.98 Å². The van der Waals surface area contributed by atoms with Gasteiger partial charge in [-0.1, -0.05) is 49.4 Å². The summed E-state index contributed by atoms with van der Waals surface area (Å²) in [6, 6.07) is 22.2. The topological polar surface area (TPSA) is 71.1 Å². The van der Waals surface area contributed by atoms with Crippen molar-refractivity contribution in [3.05, 3.63) is 72.1 Å². The lowest BCUT2D eigenvalue weighted by molar-refractivity contribution is -0.117. The van der Waals surface area contributed by atoms with E-state index in [4.69, 9.17) is 0 Å². The van der Waals surface area contributed by atoms with E-state index in [-0.39, 0.29) is 23.0 Å². The fraction of sp³-hybridized carbons (Fsp3) is 0.222. The van der Waals surface area contributed by atoms with Crippen LogP contribution in [-0.2, 0) is 9.59 Å². The van der Waals surface area contributed by atoms with Gasteiger partial charge in [0.2, 0.25) is 11.8 Å². The lowest BCUT2D eigenvalue weighted by Crippen LogP contribution is -2.24. The summed E-state index contributed by atoms with van der Waals surface area (Å²) in [6.07, 6.45) is 2.62. The molecule has 1 aliphatic carbocycles. The average Bonchev–Trinajstić information content (AvgIpc) is 3.61. The first-order valence-corrected chi connectivity index (χ1v) is 13.2. The van der Waals surface area contributed by atoms with Crippen molar-refractivity contribution in [1.29, 1.82) is 0 Å². The van der Waals surface area contributed by atoms with Gasteiger partial charge in [-0.05, 0) is 54.3 Å². The summed E-state index contributed by atoms with van der Waals surface area (Å²) < 4.78 is 0. The molecule has 1 aliphatic rings. The van der Waals surface area contributed by atoms with Crippen LogP contribution in [0.3, 0.4) is 0 Å². The third kappa shape index (κ3) is 5.32. The van der Waals surface area contributed by atoms with Gasteiger partial charge in [0.25, 0.3) is 0 Å². The number of aromatic nitrogens is 1. The second-order valence-corrected chi connectivity index (χ2v) is 10.5. The highest BCUT2D eigenvalue weighted by atomic mass is 32.2. The molecule has 2 N–H and O–H groups in total. The second kappa shape index (κ2) is 9.99. The first kappa shape index (κ1) is 22.6. The molecule has 3 aromatic carbocycles. The third-order valence-corrected chi connectivity index (χ3v) is 7.89. The van der Waals surface area contributed by atoms with Crippen molar-refractivity contribution in [2.45, 2.75) is 36.3 Å². The Labute approximate surface area is 207 Å². The number of carbonyl (C=O) groups is 2. The zero-order chi connectivity index (χ0) is 23.5. The smallest absolute Gasteiger partial charge is 0.239 e. The Kier molecular flexibility index (Phi) is 6.65. The SMILES string of the molecule is CCC(Sc1cccc(NC(=O)C2CC2)c1)C(=O)Nc1nc(-c2ccc3ccccc3c2)cs1. The number of carbonyl (C=O) groups excluding carboxylic acids is 2. The van der Waals surface area contributed by atoms with Crippen molar-refractivity contribution in [3.8, 4) is 11.3 Å². The van der Waals surface area contributed by atoms with Gasteiger partial charge in [0, 0.05) is 27.4 Å². The van der Waals surface area contributed by atoms with Crippen molar-refractivity contribution >= 4 is 56.5 Å². The molecule has 34 heavy (non-hydrogen) atoms. The third-order valence-electron chi connectivity index (χ3n) is 5.77. The number of thioether (sulfide) groups is 1. The highest BCUT2D eigenvalue weighted by Crippen LogP contribution is 2.33. The maximum Gasteiger partial charge on any atom is 0.239 e. The van der Waals surface area contributed by atoms with E-state index in [1.165, 1.54) is 28.5 Å². The van der Waals surface area contributed by atoms with E-state index in [1.807, 2.05) is 48.7 Å². The minimum atomic E-state index is -0.262. The van der Waals surface area contributed by atoms with Gasteiger partial charge in [-0.2, -0.15) is 0 Å². The van der Waals surface area contributed by atoms with Gasteiger partial charge in [0.05, 0.1) is 10.9 Å².